The number of hydrogen-bond donors (Lipinski definition) is 2. The van der Waals surface area contributed by atoms with Gasteiger partial charge in [-0.3, -0.25) is 0 Å². The molecule has 0 unspecified atom stereocenters. The number of halogens is 1. The van der Waals surface area contributed by atoms with Gasteiger partial charge in [0.2, 0.25) is 0 Å². The molecule has 0 fully saturated rings. The smallest absolute Gasteiger partial charge is 0.339 e. The van der Waals surface area contributed by atoms with E-state index in [1.165, 1.54) is 17.0 Å². The summed E-state index contributed by atoms with van der Waals surface area (Å²) in [4.78, 5) is 24.6. The van der Waals surface area contributed by atoms with Crippen LogP contribution in [0.3, 0.4) is 0 Å². The summed E-state index contributed by atoms with van der Waals surface area (Å²) in [6.07, 6.45) is 5.95. The monoisotopic (exact) mass is 294 g/mol. The standard InChI is InChI=1S/C14H15ClN2O3/c1-3-8-17(9-4-2)14(20)16-11-7-5-6-10(15)12(11)13(18)19/h1,5-7H,4,8-9H2,2H3,(H,16,20)(H,18,19). The Morgan fingerprint density at radius 1 is 1.50 bits per heavy atom. The number of aromatic carboxylic acids is 1. The van der Waals surface area contributed by atoms with Crippen LogP contribution in [0, 0.1) is 12.3 Å². The zero-order valence-corrected chi connectivity index (χ0v) is 11.8. The van der Waals surface area contributed by atoms with Gasteiger partial charge in [0.15, 0.2) is 0 Å². The average Bonchev–Trinajstić information content (AvgIpc) is 2.38. The van der Waals surface area contributed by atoms with Crippen molar-refractivity contribution in [2.45, 2.75) is 13.3 Å². The van der Waals surface area contributed by atoms with Crippen LogP contribution in [0.5, 0.6) is 0 Å². The second kappa shape index (κ2) is 7.41. The molecule has 0 spiro atoms. The van der Waals surface area contributed by atoms with Crippen molar-refractivity contribution < 1.29 is 14.7 Å². The summed E-state index contributed by atoms with van der Waals surface area (Å²) >= 11 is 5.83. The van der Waals surface area contributed by atoms with Crippen molar-refractivity contribution in [2.24, 2.45) is 0 Å². The van der Waals surface area contributed by atoms with E-state index in [1.54, 1.807) is 6.07 Å². The first-order valence-corrected chi connectivity index (χ1v) is 6.40. The van der Waals surface area contributed by atoms with Gasteiger partial charge in [-0.25, -0.2) is 9.59 Å². The van der Waals surface area contributed by atoms with E-state index in [2.05, 4.69) is 11.2 Å². The first kappa shape index (κ1) is 15.9. The number of terminal acetylenes is 1. The summed E-state index contributed by atoms with van der Waals surface area (Å²) in [6.45, 7) is 2.56. The molecule has 0 saturated heterocycles. The molecule has 0 radical (unpaired) electrons. The molecule has 2 amide bonds. The Labute approximate surface area is 122 Å². The van der Waals surface area contributed by atoms with Crippen molar-refractivity contribution in [2.75, 3.05) is 18.4 Å². The molecule has 0 saturated carbocycles. The Bertz CT molecular complexity index is 552. The third-order valence-electron chi connectivity index (χ3n) is 2.53. The summed E-state index contributed by atoms with van der Waals surface area (Å²) < 4.78 is 0. The maximum Gasteiger partial charge on any atom is 0.339 e. The molecular weight excluding hydrogens is 280 g/mol. The summed E-state index contributed by atoms with van der Waals surface area (Å²) in [7, 11) is 0. The summed E-state index contributed by atoms with van der Waals surface area (Å²) in [5.74, 6) is 1.19. The maximum absolute atomic E-state index is 12.1. The van der Waals surface area contributed by atoms with Crippen molar-refractivity contribution in [3.63, 3.8) is 0 Å². The molecule has 5 nitrogen and oxygen atoms in total. The van der Waals surface area contributed by atoms with Gasteiger partial charge in [0.05, 0.1) is 17.3 Å². The van der Waals surface area contributed by atoms with E-state index in [1.807, 2.05) is 6.92 Å². The SMILES string of the molecule is C#CCN(CCC)C(=O)Nc1cccc(Cl)c1C(=O)O. The predicted octanol–water partition coefficient (Wildman–Crippen LogP) is 2.92. The molecule has 1 rings (SSSR count). The highest BCUT2D eigenvalue weighted by molar-refractivity contribution is 6.34. The van der Waals surface area contributed by atoms with Gasteiger partial charge in [0.25, 0.3) is 0 Å². The summed E-state index contributed by atoms with van der Waals surface area (Å²) in [5, 5.41) is 11.7. The lowest BCUT2D eigenvalue weighted by Crippen LogP contribution is -2.36. The number of nitrogens with zero attached hydrogens (tertiary/aromatic N) is 1. The normalized spacial score (nSPS) is 9.65. The van der Waals surface area contributed by atoms with Gasteiger partial charge in [-0.05, 0) is 18.6 Å². The van der Waals surface area contributed by atoms with Gasteiger partial charge in [-0.2, -0.15) is 0 Å². The van der Waals surface area contributed by atoms with Crippen LogP contribution in [0.1, 0.15) is 23.7 Å². The Balaban J connectivity index is 2.98. The number of benzene rings is 1. The van der Waals surface area contributed by atoms with Gasteiger partial charge in [-0.15, -0.1) is 6.42 Å². The van der Waals surface area contributed by atoms with E-state index in [9.17, 15) is 9.59 Å². The van der Waals surface area contributed by atoms with E-state index >= 15 is 0 Å². The highest BCUT2D eigenvalue weighted by Gasteiger charge is 2.18. The first-order chi connectivity index (χ1) is 9.51. The fourth-order valence-electron chi connectivity index (χ4n) is 1.67. The lowest BCUT2D eigenvalue weighted by Gasteiger charge is -2.20. The largest absolute Gasteiger partial charge is 0.478 e. The van der Waals surface area contributed by atoms with Gasteiger partial charge in [-0.1, -0.05) is 30.5 Å². The molecule has 0 bridgehead atoms. The van der Waals surface area contributed by atoms with Crippen molar-refractivity contribution >= 4 is 29.3 Å². The molecule has 0 aromatic heterocycles. The average molecular weight is 295 g/mol. The second-order valence-corrected chi connectivity index (χ2v) is 4.43. The number of urea groups is 1. The summed E-state index contributed by atoms with van der Waals surface area (Å²) in [5.41, 5.74) is 0.00722. The van der Waals surface area contributed by atoms with Crippen LogP contribution in [-0.2, 0) is 0 Å². The minimum atomic E-state index is -1.20. The number of anilines is 1. The molecule has 0 heterocycles. The molecule has 2 N–H and O–H groups in total. The van der Waals surface area contributed by atoms with Crippen LogP contribution >= 0.6 is 11.6 Å². The zero-order valence-electron chi connectivity index (χ0n) is 11.0. The van der Waals surface area contributed by atoms with E-state index < -0.39 is 12.0 Å². The lowest BCUT2D eigenvalue weighted by molar-refractivity contribution is 0.0698. The number of rotatable bonds is 5. The van der Waals surface area contributed by atoms with Crippen molar-refractivity contribution in [3.05, 3.63) is 28.8 Å². The van der Waals surface area contributed by atoms with E-state index in [0.29, 0.717) is 6.54 Å². The fourth-order valence-corrected chi connectivity index (χ4v) is 1.93. The van der Waals surface area contributed by atoms with Crippen molar-refractivity contribution in [3.8, 4) is 12.3 Å². The van der Waals surface area contributed by atoms with Crippen LogP contribution in [0.4, 0.5) is 10.5 Å². The zero-order chi connectivity index (χ0) is 15.1. The van der Waals surface area contributed by atoms with Gasteiger partial charge in [0, 0.05) is 6.54 Å². The van der Waals surface area contributed by atoms with Crippen LogP contribution in [0.2, 0.25) is 5.02 Å². The molecule has 0 aliphatic carbocycles. The lowest BCUT2D eigenvalue weighted by atomic mass is 10.2. The highest BCUT2D eigenvalue weighted by Crippen LogP contribution is 2.24. The Morgan fingerprint density at radius 2 is 2.20 bits per heavy atom. The van der Waals surface area contributed by atoms with Crippen LogP contribution in [0.25, 0.3) is 0 Å². The van der Waals surface area contributed by atoms with Gasteiger partial charge >= 0.3 is 12.0 Å². The minimum absolute atomic E-state index is 0.0642. The maximum atomic E-state index is 12.1. The van der Waals surface area contributed by atoms with E-state index in [-0.39, 0.29) is 22.8 Å². The van der Waals surface area contributed by atoms with Gasteiger partial charge < -0.3 is 15.3 Å². The quantitative estimate of drug-likeness (QED) is 0.820. The first-order valence-electron chi connectivity index (χ1n) is 6.02. The molecule has 20 heavy (non-hydrogen) atoms. The number of carboxylic acid groups (broad SMARTS) is 1. The minimum Gasteiger partial charge on any atom is -0.478 e. The number of hydrogen-bond acceptors (Lipinski definition) is 2. The molecule has 106 valence electrons. The third kappa shape index (κ3) is 3.90. The van der Waals surface area contributed by atoms with E-state index in [0.717, 1.165) is 6.42 Å². The Hall–Kier alpha value is -2.19. The summed E-state index contributed by atoms with van der Waals surface area (Å²) in [6, 6.07) is 4.05. The molecule has 6 heteroatoms. The molecule has 0 aliphatic rings. The molecule has 0 atom stereocenters. The van der Waals surface area contributed by atoms with Crippen molar-refractivity contribution in [1.82, 2.24) is 4.90 Å². The Kier molecular flexibility index (Phi) is 5.88. The number of carboxylic acids is 1. The Morgan fingerprint density at radius 3 is 2.75 bits per heavy atom. The van der Waals surface area contributed by atoms with Gasteiger partial charge in [0.1, 0.15) is 5.56 Å². The van der Waals surface area contributed by atoms with E-state index in [4.69, 9.17) is 23.1 Å². The second-order valence-electron chi connectivity index (χ2n) is 4.02. The molecule has 0 aliphatic heterocycles. The molecule has 1 aromatic carbocycles. The number of carbonyl (C=O) groups excluding carboxylic acids is 1. The molecule has 1 aromatic rings. The fraction of sp³-hybridized carbons (Fsp3) is 0.286. The molecular formula is C14H15ClN2O3. The van der Waals surface area contributed by atoms with Crippen LogP contribution in [-0.4, -0.2) is 35.1 Å². The number of amides is 2. The number of carbonyl (C=O) groups is 2. The predicted molar refractivity (Wildman–Crippen MR) is 78.1 cm³/mol. The third-order valence-corrected chi connectivity index (χ3v) is 2.85. The highest BCUT2D eigenvalue weighted by atomic mass is 35.5. The van der Waals surface area contributed by atoms with Crippen LogP contribution < -0.4 is 5.32 Å². The van der Waals surface area contributed by atoms with Crippen LogP contribution in [0.15, 0.2) is 18.2 Å². The number of nitrogens with one attached hydrogen (secondary N) is 1. The topological polar surface area (TPSA) is 69.6 Å². The van der Waals surface area contributed by atoms with Crippen molar-refractivity contribution in [1.29, 1.82) is 0 Å².